The Morgan fingerprint density at radius 3 is 2.33 bits per heavy atom. The number of hydrogen-bond donors (Lipinski definition) is 1. The number of hydrogen-bond acceptors (Lipinski definition) is 4. The molecule has 2 aliphatic rings. The minimum Gasteiger partial charge on any atom is -0.355 e. The van der Waals surface area contributed by atoms with Crippen LogP contribution in [0.25, 0.3) is 39.4 Å². The van der Waals surface area contributed by atoms with Gasteiger partial charge in [0.15, 0.2) is 0 Å². The molecule has 0 saturated carbocycles. The molecule has 1 heterocycles. The van der Waals surface area contributed by atoms with Gasteiger partial charge in [0.25, 0.3) is 0 Å². The van der Waals surface area contributed by atoms with E-state index in [2.05, 4.69) is 117 Å². The quantitative estimate of drug-likeness (QED) is 0.171. The molecule has 6 aromatic rings. The number of rotatable bonds is 6. The molecule has 5 aromatic carbocycles. The van der Waals surface area contributed by atoms with Gasteiger partial charge in [0, 0.05) is 54.3 Å². The van der Waals surface area contributed by atoms with Crippen LogP contribution in [0.4, 0.5) is 11.4 Å². The number of halogens is 1. The van der Waals surface area contributed by atoms with E-state index in [1.165, 1.54) is 11.3 Å². The van der Waals surface area contributed by atoms with Gasteiger partial charge in [-0.2, -0.15) is 15.8 Å². The molecule has 0 amide bonds. The number of nitriles is 3. The summed E-state index contributed by atoms with van der Waals surface area (Å²) in [5, 5.41) is 34.2. The third-order valence-corrected chi connectivity index (χ3v) is 10.7. The van der Waals surface area contributed by atoms with Gasteiger partial charge in [0.05, 0.1) is 40.4 Å². The van der Waals surface area contributed by atoms with Gasteiger partial charge in [0.1, 0.15) is 0 Å². The maximum absolute atomic E-state index is 10.3. The van der Waals surface area contributed by atoms with Crippen LogP contribution in [0.3, 0.4) is 0 Å². The summed E-state index contributed by atoms with van der Waals surface area (Å²) in [5.41, 5.74) is 13.6. The second-order valence-corrected chi connectivity index (χ2v) is 13.9. The highest BCUT2D eigenvalue weighted by Gasteiger charge is 2.22. The van der Waals surface area contributed by atoms with E-state index in [4.69, 9.17) is 0 Å². The van der Waals surface area contributed by atoms with Crippen LogP contribution in [0.5, 0.6) is 0 Å². The maximum Gasteiger partial charge on any atom is 0.0995 e. The van der Waals surface area contributed by atoms with Crippen LogP contribution in [0, 0.1) is 37.6 Å². The fraction of sp³-hybridized carbons (Fsp3) is 0.0889. The molecular weight excluding hydrogens is 737 g/mol. The largest absolute Gasteiger partial charge is 0.355 e. The molecule has 1 N–H and O–H groups in total. The number of aromatic nitrogens is 1. The van der Waals surface area contributed by atoms with Crippen molar-refractivity contribution in [3.63, 3.8) is 0 Å². The maximum atomic E-state index is 10.3. The Labute approximate surface area is 310 Å². The summed E-state index contributed by atoms with van der Waals surface area (Å²) >= 11 is 2.32. The van der Waals surface area contributed by atoms with Crippen LogP contribution >= 0.6 is 22.6 Å². The number of fused-ring (bicyclic) bond motifs is 3. The van der Waals surface area contributed by atoms with Gasteiger partial charge in [-0.1, -0.05) is 66.8 Å². The third kappa shape index (κ3) is 5.93. The molecule has 0 saturated heterocycles. The smallest absolute Gasteiger partial charge is 0.0995 e. The molecule has 0 aliphatic heterocycles. The van der Waals surface area contributed by atoms with Gasteiger partial charge in [-0.05, 0) is 125 Å². The monoisotopic (exact) mass is 767 g/mol. The molecule has 1 atom stereocenters. The predicted octanol–water partition coefficient (Wildman–Crippen LogP) is 11.3. The highest BCUT2D eigenvalue weighted by Crippen LogP contribution is 2.41. The minimum atomic E-state index is -0.0150. The molecule has 6 heteroatoms. The highest BCUT2D eigenvalue weighted by atomic mass is 127. The Morgan fingerprint density at radius 1 is 0.725 bits per heavy atom. The SMILES string of the molecule is N#Cc1ccc(I)c(-c2ccccc2Nc2cccc(C#N)c2C2C=C(c3ccc(-n4c5c(c6cc(C#N)ccc64)C=CCC5)cc3)C=CC2)c1. The van der Waals surface area contributed by atoms with Gasteiger partial charge in [-0.3, -0.25) is 0 Å². The van der Waals surface area contributed by atoms with Crippen molar-refractivity contribution in [1.82, 2.24) is 4.57 Å². The standard InChI is InChI=1S/C45H30IN5/c46-40-21-15-29(26-47)23-38(40)36-10-1-3-12-41(36)50-42-13-6-9-34(28-49)45(42)33-8-5-7-32(25-33)31-17-19-35(20-18-31)51-43-14-4-2-11-37(43)39-24-30(27-48)16-22-44(39)51/h1-3,5-7,9-13,15-25,33,50H,4,8,14H2. The topological polar surface area (TPSA) is 88.3 Å². The van der Waals surface area contributed by atoms with Crippen LogP contribution in [-0.2, 0) is 6.42 Å². The lowest BCUT2D eigenvalue weighted by Gasteiger charge is -2.23. The van der Waals surface area contributed by atoms with Crippen molar-refractivity contribution in [3.8, 4) is 35.0 Å². The number of nitrogens with zero attached hydrogens (tertiary/aromatic N) is 4. The van der Waals surface area contributed by atoms with Crippen molar-refractivity contribution in [2.45, 2.75) is 25.2 Å². The van der Waals surface area contributed by atoms with E-state index in [0.29, 0.717) is 16.7 Å². The van der Waals surface area contributed by atoms with E-state index in [9.17, 15) is 15.8 Å². The van der Waals surface area contributed by atoms with Crippen LogP contribution in [0.1, 0.15) is 57.8 Å². The highest BCUT2D eigenvalue weighted by molar-refractivity contribution is 14.1. The Morgan fingerprint density at radius 2 is 1.51 bits per heavy atom. The normalized spacial score (nSPS) is 14.6. The van der Waals surface area contributed by atoms with E-state index in [0.717, 1.165) is 78.6 Å². The van der Waals surface area contributed by atoms with Crippen molar-refractivity contribution >= 4 is 56.5 Å². The average molecular weight is 768 g/mol. The predicted molar refractivity (Wildman–Crippen MR) is 214 cm³/mol. The van der Waals surface area contributed by atoms with Crippen molar-refractivity contribution in [2.75, 3.05) is 5.32 Å². The fourth-order valence-corrected chi connectivity index (χ4v) is 8.04. The van der Waals surface area contributed by atoms with Crippen LogP contribution < -0.4 is 5.32 Å². The summed E-state index contributed by atoms with van der Waals surface area (Å²) in [4.78, 5) is 0. The van der Waals surface area contributed by atoms with Gasteiger partial charge in [-0.25, -0.2) is 0 Å². The second kappa shape index (κ2) is 13.6. The lowest BCUT2D eigenvalue weighted by atomic mass is 9.84. The molecule has 5 nitrogen and oxygen atoms in total. The summed E-state index contributed by atoms with van der Waals surface area (Å²) in [6, 6.07) is 41.4. The minimum absolute atomic E-state index is 0.0150. The van der Waals surface area contributed by atoms with Gasteiger partial charge in [-0.15, -0.1) is 0 Å². The molecule has 1 unspecified atom stereocenters. The van der Waals surface area contributed by atoms with Gasteiger partial charge in [0.2, 0.25) is 0 Å². The molecule has 8 rings (SSSR count). The van der Waals surface area contributed by atoms with E-state index < -0.39 is 0 Å². The van der Waals surface area contributed by atoms with Gasteiger partial charge >= 0.3 is 0 Å². The summed E-state index contributed by atoms with van der Waals surface area (Å²) in [5.74, 6) is -0.0150. The Balaban J connectivity index is 1.14. The van der Waals surface area contributed by atoms with E-state index >= 15 is 0 Å². The number of para-hydroxylation sites is 1. The Bertz CT molecular complexity index is 2580. The van der Waals surface area contributed by atoms with Crippen LogP contribution in [-0.4, -0.2) is 4.57 Å². The van der Waals surface area contributed by atoms with Gasteiger partial charge < -0.3 is 9.88 Å². The molecule has 2 aliphatic carbocycles. The fourth-order valence-electron chi connectivity index (χ4n) is 7.41. The van der Waals surface area contributed by atoms with Crippen molar-refractivity contribution in [3.05, 3.63) is 170 Å². The molecule has 0 radical (unpaired) electrons. The summed E-state index contributed by atoms with van der Waals surface area (Å²) in [6.07, 6.45) is 13.8. The first kappa shape index (κ1) is 32.1. The number of benzene rings is 5. The van der Waals surface area contributed by atoms with Crippen molar-refractivity contribution in [2.24, 2.45) is 0 Å². The molecular formula is C45H30IN5. The van der Waals surface area contributed by atoms with E-state index in [-0.39, 0.29) is 5.92 Å². The van der Waals surface area contributed by atoms with Crippen LogP contribution in [0.2, 0.25) is 0 Å². The van der Waals surface area contributed by atoms with Crippen molar-refractivity contribution in [1.29, 1.82) is 15.8 Å². The molecule has 51 heavy (non-hydrogen) atoms. The molecule has 1 aromatic heterocycles. The summed E-state index contributed by atoms with van der Waals surface area (Å²) < 4.78 is 3.39. The Hall–Kier alpha value is -6.14. The zero-order chi connectivity index (χ0) is 34.9. The molecule has 0 spiro atoms. The summed E-state index contributed by atoms with van der Waals surface area (Å²) in [7, 11) is 0. The first-order valence-electron chi connectivity index (χ1n) is 16.9. The Kier molecular flexibility index (Phi) is 8.58. The summed E-state index contributed by atoms with van der Waals surface area (Å²) in [6.45, 7) is 0. The van der Waals surface area contributed by atoms with E-state index in [1.54, 1.807) is 0 Å². The molecule has 242 valence electrons. The lowest BCUT2D eigenvalue weighted by Crippen LogP contribution is -2.07. The average Bonchev–Trinajstić information content (AvgIpc) is 3.52. The zero-order valence-corrected chi connectivity index (χ0v) is 29.7. The van der Waals surface area contributed by atoms with Crippen molar-refractivity contribution < 1.29 is 0 Å². The molecule has 0 fully saturated rings. The first-order valence-corrected chi connectivity index (χ1v) is 18.0. The number of anilines is 2. The van der Waals surface area contributed by atoms with E-state index in [1.807, 2.05) is 66.7 Å². The number of nitrogens with one attached hydrogen (secondary N) is 1. The lowest BCUT2D eigenvalue weighted by molar-refractivity contribution is 0.855. The zero-order valence-electron chi connectivity index (χ0n) is 27.6. The molecule has 0 bridgehead atoms. The third-order valence-electron chi connectivity index (χ3n) is 9.78. The van der Waals surface area contributed by atoms with Crippen LogP contribution in [0.15, 0.2) is 127 Å². The second-order valence-electron chi connectivity index (χ2n) is 12.7. The number of allylic oxidation sites excluding steroid dienone is 5. The first-order chi connectivity index (χ1) is 25.1.